The summed E-state index contributed by atoms with van der Waals surface area (Å²) in [6.07, 6.45) is 1.49. The van der Waals surface area contributed by atoms with Crippen LogP contribution in [0.4, 0.5) is 0 Å². The fraction of sp³-hybridized carbons (Fsp3) is 0.375. The summed E-state index contributed by atoms with van der Waals surface area (Å²) in [6, 6.07) is 3.48. The first-order chi connectivity index (χ1) is 5.61. The Hall–Kier alpha value is -0.865. The largest absolute Gasteiger partial charge is 0.490 e. The van der Waals surface area contributed by atoms with E-state index in [-0.39, 0.29) is 0 Å². The van der Waals surface area contributed by atoms with Gasteiger partial charge in [-0.1, -0.05) is 19.9 Å². The molecule has 1 aromatic rings. The van der Waals surface area contributed by atoms with Crippen LogP contribution < -0.4 is 5.46 Å². The van der Waals surface area contributed by atoms with Crippen molar-refractivity contribution in [3.05, 3.63) is 24.0 Å². The van der Waals surface area contributed by atoms with Crippen molar-refractivity contribution in [3.8, 4) is 0 Å². The van der Waals surface area contributed by atoms with E-state index < -0.39 is 7.12 Å². The Labute approximate surface area is 72.2 Å². The van der Waals surface area contributed by atoms with Crippen LogP contribution in [0.15, 0.2) is 18.3 Å². The molecule has 0 atom stereocenters. The van der Waals surface area contributed by atoms with Crippen LogP contribution in [0.25, 0.3) is 0 Å². The van der Waals surface area contributed by atoms with E-state index in [4.69, 9.17) is 10.0 Å². The first kappa shape index (κ1) is 9.22. The average Bonchev–Trinajstić information content (AvgIpc) is 2.04. The van der Waals surface area contributed by atoms with Crippen molar-refractivity contribution in [2.24, 2.45) is 0 Å². The van der Waals surface area contributed by atoms with Crippen molar-refractivity contribution in [1.29, 1.82) is 0 Å². The predicted molar refractivity (Wildman–Crippen MR) is 48.2 cm³/mol. The van der Waals surface area contributed by atoms with E-state index in [1.54, 1.807) is 12.1 Å². The van der Waals surface area contributed by atoms with E-state index in [0.717, 1.165) is 5.69 Å². The first-order valence-corrected chi connectivity index (χ1v) is 3.93. The molecule has 0 aliphatic rings. The molecule has 4 heteroatoms. The van der Waals surface area contributed by atoms with Gasteiger partial charge < -0.3 is 10.0 Å². The summed E-state index contributed by atoms with van der Waals surface area (Å²) >= 11 is 0. The van der Waals surface area contributed by atoms with Crippen LogP contribution in [0.2, 0.25) is 0 Å². The van der Waals surface area contributed by atoms with Gasteiger partial charge in [-0.3, -0.25) is 4.98 Å². The average molecular weight is 165 g/mol. The highest BCUT2D eigenvalue weighted by Gasteiger charge is 2.10. The Morgan fingerprint density at radius 3 is 2.33 bits per heavy atom. The highest BCUT2D eigenvalue weighted by molar-refractivity contribution is 6.58. The zero-order valence-corrected chi connectivity index (χ0v) is 7.23. The molecule has 3 nitrogen and oxygen atoms in total. The molecule has 0 aliphatic heterocycles. The van der Waals surface area contributed by atoms with Gasteiger partial charge in [0.15, 0.2) is 0 Å². The quantitative estimate of drug-likeness (QED) is 0.601. The molecule has 0 aliphatic carbocycles. The Morgan fingerprint density at radius 2 is 2.00 bits per heavy atom. The van der Waals surface area contributed by atoms with Gasteiger partial charge >= 0.3 is 7.12 Å². The molecule has 0 radical (unpaired) electrons. The normalized spacial score (nSPS) is 10.4. The standard InChI is InChI=1S/C8H12BNO2/c1-6(2)8-4-3-7(5-10-8)9(11)12/h3-6,11-12H,1-2H3. The summed E-state index contributed by atoms with van der Waals surface area (Å²) in [6.45, 7) is 4.08. The molecular weight excluding hydrogens is 153 g/mol. The Kier molecular flexibility index (Phi) is 2.84. The molecule has 0 saturated heterocycles. The molecule has 0 fully saturated rings. The second kappa shape index (κ2) is 3.69. The zero-order valence-electron chi connectivity index (χ0n) is 7.23. The summed E-state index contributed by atoms with van der Waals surface area (Å²) in [5.41, 5.74) is 1.39. The van der Waals surface area contributed by atoms with Crippen molar-refractivity contribution in [1.82, 2.24) is 4.98 Å². The minimum atomic E-state index is -1.42. The molecular formula is C8H12BNO2. The van der Waals surface area contributed by atoms with Crippen molar-refractivity contribution in [2.45, 2.75) is 19.8 Å². The molecule has 0 aromatic carbocycles. The molecule has 0 unspecified atom stereocenters. The molecule has 0 amide bonds. The van der Waals surface area contributed by atoms with Crippen LogP contribution in [-0.2, 0) is 0 Å². The van der Waals surface area contributed by atoms with Crippen LogP contribution in [0.1, 0.15) is 25.5 Å². The van der Waals surface area contributed by atoms with Gasteiger partial charge in [0.2, 0.25) is 0 Å². The lowest BCUT2D eigenvalue weighted by molar-refractivity contribution is 0.425. The smallest absolute Gasteiger partial charge is 0.423 e. The SMILES string of the molecule is CC(C)c1ccc(B(O)O)cn1. The van der Waals surface area contributed by atoms with Crippen LogP contribution in [0, 0.1) is 0 Å². The number of rotatable bonds is 2. The van der Waals surface area contributed by atoms with E-state index in [1.807, 2.05) is 13.8 Å². The number of aromatic nitrogens is 1. The Balaban J connectivity index is 2.86. The molecule has 0 spiro atoms. The van der Waals surface area contributed by atoms with Crippen molar-refractivity contribution in [3.63, 3.8) is 0 Å². The third-order valence-corrected chi connectivity index (χ3v) is 1.70. The van der Waals surface area contributed by atoms with Gasteiger partial charge in [0.05, 0.1) is 0 Å². The maximum Gasteiger partial charge on any atom is 0.490 e. The van der Waals surface area contributed by atoms with Crippen molar-refractivity contribution in [2.75, 3.05) is 0 Å². The fourth-order valence-electron chi connectivity index (χ4n) is 0.911. The van der Waals surface area contributed by atoms with Gasteiger partial charge in [-0.15, -0.1) is 0 Å². The molecule has 12 heavy (non-hydrogen) atoms. The molecule has 64 valence electrons. The summed E-state index contributed by atoms with van der Waals surface area (Å²) in [7, 11) is -1.42. The van der Waals surface area contributed by atoms with E-state index in [1.165, 1.54) is 6.20 Å². The summed E-state index contributed by atoms with van der Waals surface area (Å²) < 4.78 is 0. The van der Waals surface area contributed by atoms with E-state index >= 15 is 0 Å². The maximum absolute atomic E-state index is 8.77. The van der Waals surface area contributed by atoms with Gasteiger partial charge in [-0.2, -0.15) is 0 Å². The van der Waals surface area contributed by atoms with Crippen molar-refractivity contribution >= 4 is 12.6 Å². The van der Waals surface area contributed by atoms with Gasteiger partial charge in [0.25, 0.3) is 0 Å². The Morgan fingerprint density at radius 1 is 1.33 bits per heavy atom. The molecule has 1 aromatic heterocycles. The first-order valence-electron chi connectivity index (χ1n) is 3.93. The number of pyridine rings is 1. The van der Waals surface area contributed by atoms with Crippen LogP contribution >= 0.6 is 0 Å². The monoisotopic (exact) mass is 165 g/mol. The van der Waals surface area contributed by atoms with Gasteiger partial charge in [-0.25, -0.2) is 0 Å². The highest BCUT2D eigenvalue weighted by Crippen LogP contribution is 2.08. The van der Waals surface area contributed by atoms with Crippen LogP contribution in [0.5, 0.6) is 0 Å². The van der Waals surface area contributed by atoms with E-state index in [0.29, 0.717) is 11.4 Å². The number of nitrogens with zero attached hydrogens (tertiary/aromatic N) is 1. The lowest BCUT2D eigenvalue weighted by Gasteiger charge is -2.04. The fourth-order valence-corrected chi connectivity index (χ4v) is 0.911. The van der Waals surface area contributed by atoms with Crippen LogP contribution in [-0.4, -0.2) is 22.2 Å². The number of hydrogen-bond donors (Lipinski definition) is 2. The Bertz CT molecular complexity index is 219. The van der Waals surface area contributed by atoms with Gasteiger partial charge in [0.1, 0.15) is 0 Å². The van der Waals surface area contributed by atoms with Crippen LogP contribution in [0.3, 0.4) is 0 Å². The minimum Gasteiger partial charge on any atom is -0.423 e. The highest BCUT2D eigenvalue weighted by atomic mass is 16.4. The lowest BCUT2D eigenvalue weighted by Crippen LogP contribution is -2.30. The lowest BCUT2D eigenvalue weighted by atomic mass is 9.81. The third kappa shape index (κ3) is 2.06. The second-order valence-electron chi connectivity index (χ2n) is 3.04. The molecule has 0 bridgehead atoms. The molecule has 2 N–H and O–H groups in total. The third-order valence-electron chi connectivity index (χ3n) is 1.70. The van der Waals surface area contributed by atoms with Gasteiger partial charge in [0, 0.05) is 17.4 Å². The zero-order chi connectivity index (χ0) is 9.14. The maximum atomic E-state index is 8.77. The summed E-state index contributed by atoms with van der Waals surface area (Å²) in [5, 5.41) is 17.5. The summed E-state index contributed by atoms with van der Waals surface area (Å²) in [5.74, 6) is 0.370. The molecule has 0 saturated carbocycles. The summed E-state index contributed by atoms with van der Waals surface area (Å²) in [4.78, 5) is 4.08. The minimum absolute atomic E-state index is 0.370. The van der Waals surface area contributed by atoms with E-state index in [9.17, 15) is 0 Å². The van der Waals surface area contributed by atoms with E-state index in [2.05, 4.69) is 4.98 Å². The van der Waals surface area contributed by atoms with Crippen molar-refractivity contribution < 1.29 is 10.0 Å². The number of hydrogen-bond acceptors (Lipinski definition) is 3. The predicted octanol–water partition coefficient (Wildman–Crippen LogP) is -0.115. The molecule has 1 heterocycles. The second-order valence-corrected chi connectivity index (χ2v) is 3.04. The van der Waals surface area contributed by atoms with Gasteiger partial charge in [-0.05, 0) is 12.0 Å². The molecule has 1 rings (SSSR count). The topological polar surface area (TPSA) is 53.4 Å².